The smallest absolute Gasteiger partial charge is 0.326 e. The minimum atomic E-state index is -0.979. The van der Waals surface area contributed by atoms with E-state index in [1.165, 1.54) is 18.9 Å². The quantitative estimate of drug-likeness (QED) is 0.637. The third kappa shape index (κ3) is 2.99. The van der Waals surface area contributed by atoms with Gasteiger partial charge in [-0.2, -0.15) is 0 Å². The summed E-state index contributed by atoms with van der Waals surface area (Å²) < 4.78 is 0. The molecule has 0 radical (unpaired) electrons. The number of hydrogen-bond donors (Lipinski definition) is 2. The summed E-state index contributed by atoms with van der Waals surface area (Å²) in [7, 11) is 1.51. The SMILES string of the molecule is CC(C(=O)O)N(C)C(=O)CNC1CC1. The normalized spacial score (nSPS) is 17.6. The van der Waals surface area contributed by atoms with Gasteiger partial charge in [-0.1, -0.05) is 0 Å². The number of nitrogens with one attached hydrogen (secondary N) is 1. The molecule has 1 amide bonds. The van der Waals surface area contributed by atoms with Gasteiger partial charge in [-0.25, -0.2) is 4.79 Å². The Kier molecular flexibility index (Phi) is 3.46. The third-order valence-corrected chi connectivity index (χ3v) is 2.45. The van der Waals surface area contributed by atoms with E-state index in [1.807, 2.05) is 0 Å². The highest BCUT2D eigenvalue weighted by atomic mass is 16.4. The fraction of sp³-hybridized carbons (Fsp3) is 0.778. The molecule has 0 bridgehead atoms. The van der Waals surface area contributed by atoms with Crippen LogP contribution in [0.25, 0.3) is 0 Å². The molecular weight excluding hydrogens is 184 g/mol. The Morgan fingerprint density at radius 1 is 1.57 bits per heavy atom. The second kappa shape index (κ2) is 4.41. The molecule has 5 heteroatoms. The number of carboxylic acid groups (broad SMARTS) is 1. The zero-order chi connectivity index (χ0) is 10.7. The zero-order valence-corrected chi connectivity index (χ0v) is 8.49. The van der Waals surface area contributed by atoms with Crippen LogP contribution in [0.15, 0.2) is 0 Å². The van der Waals surface area contributed by atoms with Crippen LogP contribution in [0.3, 0.4) is 0 Å². The largest absolute Gasteiger partial charge is 0.480 e. The Bertz CT molecular complexity index is 238. The summed E-state index contributed by atoms with van der Waals surface area (Å²) in [6.07, 6.45) is 2.23. The molecule has 1 fully saturated rings. The zero-order valence-electron chi connectivity index (χ0n) is 8.49. The van der Waals surface area contributed by atoms with Crippen molar-refractivity contribution in [1.29, 1.82) is 0 Å². The first-order chi connectivity index (χ1) is 6.52. The van der Waals surface area contributed by atoms with Gasteiger partial charge in [-0.15, -0.1) is 0 Å². The van der Waals surface area contributed by atoms with E-state index in [1.54, 1.807) is 0 Å². The van der Waals surface area contributed by atoms with Gasteiger partial charge in [0.25, 0.3) is 0 Å². The summed E-state index contributed by atoms with van der Waals surface area (Å²) in [6, 6.07) is -0.295. The molecule has 14 heavy (non-hydrogen) atoms. The molecule has 1 atom stereocenters. The fourth-order valence-corrected chi connectivity index (χ4v) is 1.03. The molecule has 1 saturated carbocycles. The van der Waals surface area contributed by atoms with E-state index < -0.39 is 12.0 Å². The number of nitrogens with zero attached hydrogens (tertiary/aromatic N) is 1. The van der Waals surface area contributed by atoms with Crippen molar-refractivity contribution in [2.75, 3.05) is 13.6 Å². The lowest BCUT2D eigenvalue weighted by molar-refractivity contribution is -0.147. The van der Waals surface area contributed by atoms with E-state index >= 15 is 0 Å². The highest BCUT2D eigenvalue weighted by Gasteiger charge is 2.25. The van der Waals surface area contributed by atoms with Gasteiger partial charge < -0.3 is 15.3 Å². The Morgan fingerprint density at radius 3 is 2.57 bits per heavy atom. The van der Waals surface area contributed by atoms with Crippen molar-refractivity contribution in [2.45, 2.75) is 31.8 Å². The first-order valence-corrected chi connectivity index (χ1v) is 4.74. The van der Waals surface area contributed by atoms with Crippen LogP contribution in [-0.2, 0) is 9.59 Å². The molecule has 0 saturated heterocycles. The Morgan fingerprint density at radius 2 is 2.14 bits per heavy atom. The van der Waals surface area contributed by atoms with E-state index in [0.29, 0.717) is 6.04 Å². The van der Waals surface area contributed by atoms with Gasteiger partial charge in [0.15, 0.2) is 0 Å². The molecule has 2 N–H and O–H groups in total. The molecule has 1 rings (SSSR count). The molecule has 0 aromatic rings. The molecule has 0 aromatic carbocycles. The number of carboxylic acids is 1. The van der Waals surface area contributed by atoms with Gasteiger partial charge in [0.2, 0.25) is 5.91 Å². The number of hydrogen-bond acceptors (Lipinski definition) is 3. The maximum atomic E-state index is 11.4. The van der Waals surface area contributed by atoms with Crippen LogP contribution in [0.4, 0.5) is 0 Å². The van der Waals surface area contributed by atoms with Crippen LogP contribution in [0, 0.1) is 0 Å². The monoisotopic (exact) mass is 200 g/mol. The molecule has 0 spiro atoms. The predicted octanol–water partition coefficient (Wildman–Crippen LogP) is -0.330. The van der Waals surface area contributed by atoms with Gasteiger partial charge in [0.05, 0.1) is 6.54 Å². The number of rotatable bonds is 5. The van der Waals surface area contributed by atoms with Gasteiger partial charge in [-0.05, 0) is 19.8 Å². The van der Waals surface area contributed by atoms with Crippen molar-refractivity contribution in [2.24, 2.45) is 0 Å². The van der Waals surface area contributed by atoms with Crippen molar-refractivity contribution in [3.63, 3.8) is 0 Å². The number of carbonyl (C=O) groups excluding carboxylic acids is 1. The molecule has 5 nitrogen and oxygen atoms in total. The number of likely N-dealkylation sites (N-methyl/N-ethyl adjacent to an activating group) is 1. The van der Waals surface area contributed by atoms with E-state index in [-0.39, 0.29) is 12.5 Å². The van der Waals surface area contributed by atoms with Crippen molar-refractivity contribution in [3.8, 4) is 0 Å². The summed E-state index contributed by atoms with van der Waals surface area (Å²) in [5, 5.41) is 11.7. The second-order valence-electron chi connectivity index (χ2n) is 3.67. The van der Waals surface area contributed by atoms with E-state index in [2.05, 4.69) is 5.32 Å². The predicted molar refractivity (Wildman–Crippen MR) is 50.9 cm³/mol. The first kappa shape index (κ1) is 11.0. The first-order valence-electron chi connectivity index (χ1n) is 4.74. The Labute approximate surface area is 83.1 Å². The van der Waals surface area contributed by atoms with Gasteiger partial charge in [0.1, 0.15) is 6.04 Å². The molecule has 80 valence electrons. The maximum absolute atomic E-state index is 11.4. The summed E-state index contributed by atoms with van der Waals surface area (Å²) in [5.74, 6) is -1.15. The maximum Gasteiger partial charge on any atom is 0.326 e. The highest BCUT2D eigenvalue weighted by molar-refractivity contribution is 5.84. The molecule has 0 heterocycles. The minimum Gasteiger partial charge on any atom is -0.480 e. The summed E-state index contributed by atoms with van der Waals surface area (Å²) >= 11 is 0. The molecule has 1 aliphatic rings. The van der Waals surface area contributed by atoms with Gasteiger partial charge in [0, 0.05) is 13.1 Å². The lowest BCUT2D eigenvalue weighted by Gasteiger charge is -2.21. The van der Waals surface area contributed by atoms with Gasteiger partial charge in [-0.3, -0.25) is 4.79 Å². The molecular formula is C9H16N2O3. The van der Waals surface area contributed by atoms with E-state index in [4.69, 9.17) is 5.11 Å². The second-order valence-corrected chi connectivity index (χ2v) is 3.67. The summed E-state index contributed by atoms with van der Waals surface area (Å²) in [6.45, 7) is 1.73. The average molecular weight is 200 g/mol. The number of aliphatic carboxylic acids is 1. The summed E-state index contributed by atoms with van der Waals surface area (Å²) in [5.41, 5.74) is 0. The van der Waals surface area contributed by atoms with Crippen LogP contribution < -0.4 is 5.32 Å². The minimum absolute atomic E-state index is 0.174. The topological polar surface area (TPSA) is 69.6 Å². The molecule has 0 aliphatic heterocycles. The van der Waals surface area contributed by atoms with Gasteiger partial charge >= 0.3 is 5.97 Å². The average Bonchev–Trinajstić information content (AvgIpc) is 2.95. The van der Waals surface area contributed by atoms with Crippen molar-refractivity contribution >= 4 is 11.9 Å². The highest BCUT2D eigenvalue weighted by Crippen LogP contribution is 2.18. The van der Waals surface area contributed by atoms with Crippen molar-refractivity contribution in [1.82, 2.24) is 10.2 Å². The van der Waals surface area contributed by atoms with Crippen LogP contribution >= 0.6 is 0 Å². The van der Waals surface area contributed by atoms with E-state index in [0.717, 1.165) is 12.8 Å². The summed E-state index contributed by atoms with van der Waals surface area (Å²) in [4.78, 5) is 23.3. The van der Waals surface area contributed by atoms with Crippen LogP contribution in [0.2, 0.25) is 0 Å². The molecule has 1 aliphatic carbocycles. The lowest BCUT2D eigenvalue weighted by atomic mass is 10.3. The van der Waals surface area contributed by atoms with Crippen molar-refractivity contribution < 1.29 is 14.7 Å². The third-order valence-electron chi connectivity index (χ3n) is 2.45. The van der Waals surface area contributed by atoms with Crippen LogP contribution in [0.1, 0.15) is 19.8 Å². The standard InChI is InChI=1S/C9H16N2O3/c1-6(9(13)14)11(2)8(12)5-10-7-3-4-7/h6-7,10H,3-5H2,1-2H3,(H,13,14). The Hall–Kier alpha value is -1.10. The number of carbonyl (C=O) groups is 2. The molecule has 0 aromatic heterocycles. The van der Waals surface area contributed by atoms with Crippen molar-refractivity contribution in [3.05, 3.63) is 0 Å². The lowest BCUT2D eigenvalue weighted by Crippen LogP contribution is -2.44. The number of amides is 1. The Balaban J connectivity index is 2.30. The fourth-order valence-electron chi connectivity index (χ4n) is 1.03. The molecule has 1 unspecified atom stereocenters. The van der Waals surface area contributed by atoms with Crippen LogP contribution in [0.5, 0.6) is 0 Å². The van der Waals surface area contributed by atoms with Crippen LogP contribution in [-0.4, -0.2) is 47.6 Å². The van der Waals surface area contributed by atoms with E-state index in [9.17, 15) is 9.59 Å².